The Morgan fingerprint density at radius 1 is 0.365 bits per heavy atom. The second kappa shape index (κ2) is 22.8. The highest BCUT2D eigenvalue weighted by Crippen LogP contribution is 2.45. The summed E-state index contributed by atoms with van der Waals surface area (Å²) in [6, 6.07) is 59.3. The average Bonchev–Trinajstić information content (AvgIpc) is 2.28. The van der Waals surface area contributed by atoms with Crippen molar-refractivity contribution >= 4 is 168 Å². The van der Waals surface area contributed by atoms with Crippen molar-refractivity contribution in [2.45, 2.75) is 117 Å². The molecule has 3 aliphatic rings. The molecule has 4 aromatic heterocycles. The van der Waals surface area contributed by atoms with Crippen LogP contribution in [0.25, 0.3) is 98.9 Å². The third kappa shape index (κ3) is 10.6. The quantitative estimate of drug-likeness (QED) is 0.161. The highest BCUT2D eigenvalue weighted by molar-refractivity contribution is 9.10. The van der Waals surface area contributed by atoms with Crippen molar-refractivity contribution in [1.82, 2.24) is 9.13 Å². The Balaban J connectivity index is 0.000000134. The van der Waals surface area contributed by atoms with E-state index in [9.17, 15) is 0 Å². The van der Waals surface area contributed by atoms with Gasteiger partial charge in [0.25, 0.3) is 0 Å². The maximum atomic E-state index is 6.45. The van der Waals surface area contributed by atoms with Crippen LogP contribution in [0.3, 0.4) is 0 Å². The van der Waals surface area contributed by atoms with Crippen molar-refractivity contribution in [2.24, 2.45) is 0 Å². The van der Waals surface area contributed by atoms with Crippen LogP contribution >= 0.6 is 15.9 Å². The molecule has 0 saturated carbocycles. The lowest BCUT2D eigenvalue weighted by molar-refractivity contribution is 0.00578. The van der Waals surface area contributed by atoms with Gasteiger partial charge in [-0.15, -0.1) is 0 Å². The van der Waals surface area contributed by atoms with Crippen molar-refractivity contribution in [1.29, 1.82) is 0 Å². The molecular weight excluding hydrogens is 1120 g/mol. The Kier molecular flexibility index (Phi) is 16.2. The first-order valence-electron chi connectivity index (χ1n) is 28.6. The minimum Gasteiger partial charge on any atom is -0.454 e. The van der Waals surface area contributed by atoms with E-state index in [1.165, 1.54) is 27.1 Å². The largest absolute Gasteiger partial charge is 0.494 e. The fourth-order valence-electron chi connectivity index (χ4n) is 11.3. The lowest BCUT2D eigenvalue weighted by Crippen LogP contribution is -2.41. The Hall–Kier alpha value is -6.28. The predicted molar refractivity (Wildman–Crippen MR) is 360 cm³/mol. The van der Waals surface area contributed by atoms with E-state index < -0.39 is 14.0 Å². The number of benzene rings is 8. The van der Waals surface area contributed by atoms with Gasteiger partial charge in [0.15, 0.2) is 11.2 Å². The summed E-state index contributed by atoms with van der Waals surface area (Å²) < 4.78 is 54.9. The number of halogens is 1. The summed E-state index contributed by atoms with van der Waals surface area (Å²) in [6.07, 6.45) is 0. The number of para-hydroxylation sites is 4. The zero-order valence-corrected chi connectivity index (χ0v) is 51.9. The van der Waals surface area contributed by atoms with Crippen LogP contribution in [0.15, 0.2) is 183 Å². The van der Waals surface area contributed by atoms with Crippen LogP contribution in [-0.4, -0.2) is 102 Å². The SMILES string of the molecule is Brc1ccc(-n2c3ccccc3c3ccc4c5ccccc5oc4c32)cc1.CC1(C)OB(B2OC(C)(C)C(C)(C)O2)OC1(C)C.CC1(C)OB(c2ccc(-n3c4ccccc4c4ccc5c6ccccc6oc5c43)cc2)OC1(C)C.[B][B].[B][B][B]. The average molecular weight is 1180 g/mol. The van der Waals surface area contributed by atoms with E-state index in [1.54, 1.807) is 0 Å². The molecule has 10 nitrogen and oxygen atoms in total. The zero-order chi connectivity index (χ0) is 60.6. The fraction of sp³-hybridized carbons (Fsp3) is 0.273. The van der Waals surface area contributed by atoms with Gasteiger partial charge in [0.1, 0.15) is 11.2 Å². The molecule has 0 spiro atoms. The van der Waals surface area contributed by atoms with Gasteiger partial charge < -0.3 is 45.9 Å². The number of nitrogens with zero attached hydrogens (tertiary/aromatic N) is 2. The summed E-state index contributed by atoms with van der Waals surface area (Å²) in [7, 11) is 16.7. The molecule has 3 fully saturated rings. The summed E-state index contributed by atoms with van der Waals surface area (Å²) >= 11 is 3.54. The van der Waals surface area contributed by atoms with Crippen molar-refractivity contribution in [3.05, 3.63) is 174 Å². The van der Waals surface area contributed by atoms with Crippen LogP contribution in [-0.2, 0) is 27.9 Å². The molecule has 0 amide bonds. The molecule has 3 aliphatic heterocycles. The third-order valence-electron chi connectivity index (χ3n) is 17.9. The van der Waals surface area contributed by atoms with E-state index in [2.05, 4.69) is 229 Å². The number of fused-ring (bicyclic) bond motifs is 14. The van der Waals surface area contributed by atoms with Gasteiger partial charge in [0.05, 0.1) is 55.7 Å². The second-order valence-corrected chi connectivity index (χ2v) is 25.6. The first-order valence-corrected chi connectivity index (χ1v) is 29.4. The molecule has 417 valence electrons. The number of aromatic nitrogens is 2. The molecule has 7 heterocycles. The van der Waals surface area contributed by atoms with E-state index in [1.807, 2.05) is 79.7 Å². The van der Waals surface area contributed by atoms with Gasteiger partial charge in [-0.3, -0.25) is 0 Å². The lowest BCUT2D eigenvalue weighted by Gasteiger charge is -2.32. The Morgan fingerprint density at radius 2 is 0.671 bits per heavy atom. The van der Waals surface area contributed by atoms with Crippen LogP contribution in [0, 0.1) is 0 Å². The predicted octanol–water partition coefficient (Wildman–Crippen LogP) is 14.8. The zero-order valence-electron chi connectivity index (χ0n) is 50.3. The van der Waals surface area contributed by atoms with Crippen LogP contribution in [0.5, 0.6) is 0 Å². The highest BCUT2D eigenvalue weighted by atomic mass is 79.9. The van der Waals surface area contributed by atoms with Gasteiger partial charge in [0.2, 0.25) is 0 Å². The number of hydrogen-bond donors (Lipinski definition) is 0. The minimum absolute atomic E-state index is 0.360. The Morgan fingerprint density at radius 3 is 1.05 bits per heavy atom. The van der Waals surface area contributed by atoms with E-state index in [4.69, 9.17) is 36.8 Å². The number of furan rings is 2. The van der Waals surface area contributed by atoms with Gasteiger partial charge in [0, 0.05) is 96.9 Å². The first kappa shape index (κ1) is 60.4. The van der Waals surface area contributed by atoms with Crippen molar-refractivity contribution in [2.75, 3.05) is 0 Å². The summed E-state index contributed by atoms with van der Waals surface area (Å²) in [5.74, 6) is 0. The van der Waals surface area contributed by atoms with E-state index in [0.29, 0.717) is 0 Å². The normalized spacial score (nSPS) is 17.9. The maximum absolute atomic E-state index is 6.45. The number of rotatable bonds is 4. The highest BCUT2D eigenvalue weighted by Gasteiger charge is 2.64. The molecule has 0 unspecified atom stereocenters. The molecule has 8 aromatic carbocycles. The number of hydrogen-bond acceptors (Lipinski definition) is 8. The molecule has 0 aliphatic carbocycles. The lowest BCUT2D eigenvalue weighted by atomic mass is 9.40. The topological polar surface area (TPSA) is 91.5 Å². The standard InChI is InChI=1S/C30H26BNO3.C24H14BrNO.C12H24B2O4.B3.B2/c1-29(2)30(3,4)35-31(34-29)19-13-15-20(16-14-19)32-25-11-7-5-9-21(25)23-17-18-24-22-10-6-8-12-26(22)33-28(24)27(23)32;25-15-9-11-16(12-10-15)26-21-7-3-1-5-17(21)19-13-14-20-18-6-2-4-8-22(18)27-24(20)23(19)26;1-9(2)10(3,4)16-13(15-9)14-17-11(5,6)12(7,8)18-14;1-3-2;1-2/h5-18H,1-4H3;1-14H;1-8H3;;. The van der Waals surface area contributed by atoms with Gasteiger partial charge in [-0.25, -0.2) is 0 Å². The Bertz CT molecular complexity index is 4340. The molecule has 9 radical (unpaired) electrons. The monoisotopic (exact) mass is 1180 g/mol. The van der Waals surface area contributed by atoms with Gasteiger partial charge in [-0.05, 0) is 161 Å². The van der Waals surface area contributed by atoms with Crippen LogP contribution in [0.2, 0.25) is 0 Å². The minimum atomic E-state index is -0.476. The molecule has 85 heavy (non-hydrogen) atoms. The maximum Gasteiger partial charge on any atom is 0.494 e. The molecule has 0 bridgehead atoms. The molecule has 0 atom stereocenters. The van der Waals surface area contributed by atoms with Crippen molar-refractivity contribution < 1.29 is 36.8 Å². The van der Waals surface area contributed by atoms with E-state index in [-0.39, 0.29) is 40.7 Å². The summed E-state index contributed by atoms with van der Waals surface area (Å²) in [5, 5.41) is 9.41. The van der Waals surface area contributed by atoms with Gasteiger partial charge in [-0.1, -0.05) is 113 Å². The molecule has 12 aromatic rings. The molecular formula is C66H64B8BrN2O8. The fourth-order valence-corrected chi connectivity index (χ4v) is 11.6. The van der Waals surface area contributed by atoms with Gasteiger partial charge in [-0.2, -0.15) is 0 Å². The van der Waals surface area contributed by atoms with Crippen LogP contribution in [0.4, 0.5) is 0 Å². The summed E-state index contributed by atoms with van der Waals surface area (Å²) in [5.41, 5.74) is 9.26. The second-order valence-electron chi connectivity index (χ2n) is 24.7. The first-order chi connectivity index (χ1) is 40.4. The summed E-state index contributed by atoms with van der Waals surface area (Å²) in [6.45, 7) is 24.5. The van der Waals surface area contributed by atoms with Crippen LogP contribution < -0.4 is 5.46 Å². The molecule has 15 rings (SSSR count). The molecule has 0 N–H and O–H groups in total. The molecule has 19 heteroatoms. The smallest absolute Gasteiger partial charge is 0.454 e. The van der Waals surface area contributed by atoms with Crippen LogP contribution in [0.1, 0.15) is 83.1 Å². The van der Waals surface area contributed by atoms with E-state index >= 15 is 0 Å². The van der Waals surface area contributed by atoms with Crippen molar-refractivity contribution in [3.8, 4) is 11.4 Å². The van der Waals surface area contributed by atoms with E-state index in [0.717, 1.165) is 88.8 Å². The van der Waals surface area contributed by atoms with Crippen molar-refractivity contribution in [3.63, 3.8) is 0 Å². The summed E-state index contributed by atoms with van der Waals surface area (Å²) in [4.78, 5) is 0. The third-order valence-corrected chi connectivity index (χ3v) is 18.4. The molecule has 3 saturated heterocycles. The Labute approximate surface area is 513 Å². The van der Waals surface area contributed by atoms with Gasteiger partial charge >= 0.3 is 21.1 Å².